The molecule has 0 aliphatic rings. The average molecular weight is 227 g/mol. The predicted octanol–water partition coefficient (Wildman–Crippen LogP) is -4.25. The first kappa shape index (κ1) is 29.2. The molecular weight excluding hydrogens is 213 g/mol. The maximum absolute atomic E-state index is 9.85. The quantitative estimate of drug-likeness (QED) is 0.409. The van der Waals surface area contributed by atoms with Gasteiger partial charge in [0.1, 0.15) is 6.04 Å². The normalized spacial score (nSPS) is 8.69. The zero-order valence-electron chi connectivity index (χ0n) is 6.07. The third kappa shape index (κ3) is 19.0. The molecule has 1 unspecified atom stereocenters. The van der Waals surface area contributed by atoms with Crippen molar-refractivity contribution >= 4 is 63.3 Å². The number of nitrogens with two attached hydrogens (primary N) is 1. The predicted molar refractivity (Wildman–Crippen MR) is 45.9 cm³/mol. The molecule has 0 radical (unpaired) electrons. The number of carboxylic acids is 2. The fourth-order valence-corrected chi connectivity index (χ4v) is 0.275. The van der Waals surface area contributed by atoms with E-state index in [1.54, 1.807) is 0 Å². The van der Waals surface area contributed by atoms with Crippen LogP contribution in [0.2, 0.25) is 0 Å². The van der Waals surface area contributed by atoms with Crippen LogP contribution in [-0.2, 0) is 9.59 Å². The molecule has 8 nitrogen and oxygen atoms in total. The summed E-state index contributed by atoms with van der Waals surface area (Å²) in [6, 6.07) is -1.29. The number of aliphatic carboxylic acids is 2. The van der Waals surface area contributed by atoms with E-state index in [-0.39, 0.29) is 67.8 Å². The Labute approximate surface area is 116 Å². The van der Waals surface area contributed by atoms with Crippen molar-refractivity contribution in [2.24, 2.45) is 5.73 Å². The Bertz CT molecular complexity index is 140. The summed E-state index contributed by atoms with van der Waals surface area (Å²) in [5.41, 5.74) is 4.84. The van der Waals surface area contributed by atoms with E-state index < -0.39 is 24.4 Å². The van der Waals surface area contributed by atoms with Gasteiger partial charge in [-0.2, -0.15) is 0 Å². The molecule has 0 saturated heterocycles. The van der Waals surface area contributed by atoms with Gasteiger partial charge < -0.3 is 32.4 Å². The third-order valence-electron chi connectivity index (χ3n) is 0.712. The fraction of sp³-hybridized carbons (Fsp3) is 0.500. The van der Waals surface area contributed by atoms with Crippen molar-refractivity contribution in [2.45, 2.75) is 12.5 Å². The number of hydrogen-bond acceptors (Lipinski definition) is 3. The van der Waals surface area contributed by atoms with Crippen LogP contribution >= 0.6 is 0 Å². The fourth-order valence-electron chi connectivity index (χ4n) is 0.275. The van der Waals surface area contributed by atoms with E-state index in [0.717, 1.165) is 0 Å². The van der Waals surface area contributed by atoms with Gasteiger partial charge in [-0.25, -0.2) is 0 Å². The maximum atomic E-state index is 9.85. The molecule has 1 atom stereocenters. The van der Waals surface area contributed by atoms with E-state index in [2.05, 4.69) is 0 Å². The van der Waals surface area contributed by atoms with Gasteiger partial charge in [0.2, 0.25) is 0 Å². The Morgan fingerprint density at radius 1 is 1.15 bits per heavy atom. The minimum absolute atomic E-state index is 0. The second kappa shape index (κ2) is 14.9. The van der Waals surface area contributed by atoms with Gasteiger partial charge in [0, 0.05) is 0 Å². The average Bonchev–Trinajstić information content (AvgIpc) is 1.63. The molecule has 0 aromatic carbocycles. The molecule has 0 rings (SSSR count). The van der Waals surface area contributed by atoms with E-state index in [1.165, 1.54) is 0 Å². The van der Waals surface area contributed by atoms with Gasteiger partial charge in [-0.05, 0) is 0 Å². The second-order valence-corrected chi connectivity index (χ2v) is 1.54. The van der Waals surface area contributed by atoms with Crippen LogP contribution in [0.5, 0.6) is 0 Å². The van der Waals surface area contributed by atoms with Crippen LogP contribution in [0.4, 0.5) is 0 Å². The Morgan fingerprint density at radius 3 is 1.54 bits per heavy atom. The van der Waals surface area contributed by atoms with Crippen LogP contribution in [0.15, 0.2) is 0 Å². The van der Waals surface area contributed by atoms with Gasteiger partial charge in [0.25, 0.3) is 0 Å². The van der Waals surface area contributed by atoms with Gasteiger partial charge in [-0.1, -0.05) is 0 Å². The van der Waals surface area contributed by atoms with Gasteiger partial charge in [-0.3, -0.25) is 9.59 Å². The monoisotopic (exact) mass is 227 g/mol. The number of carboxylic acid groups (broad SMARTS) is 2. The van der Waals surface area contributed by atoms with Crippen molar-refractivity contribution in [1.82, 2.24) is 0 Å². The zero-order chi connectivity index (χ0) is 7.44. The molecule has 0 spiro atoms. The van der Waals surface area contributed by atoms with Crippen molar-refractivity contribution in [1.29, 1.82) is 0 Å². The molecule has 0 bridgehead atoms. The topological polar surface area (TPSA) is 195 Å². The van der Waals surface area contributed by atoms with Crippen molar-refractivity contribution < 1.29 is 36.2 Å². The summed E-state index contributed by atoms with van der Waals surface area (Å²) >= 11 is 0. The van der Waals surface area contributed by atoms with E-state index in [0.29, 0.717) is 0 Å². The van der Waals surface area contributed by atoms with E-state index in [1.807, 2.05) is 0 Å². The SMILES string of the molecule is NC(CC(=O)O)C(=O)O.O.O.O.[KH]. The van der Waals surface area contributed by atoms with Crippen LogP contribution < -0.4 is 5.73 Å². The zero-order valence-corrected chi connectivity index (χ0v) is 6.07. The molecule has 0 aromatic heterocycles. The number of carbonyl (C=O) groups is 2. The molecule has 0 aliphatic heterocycles. The summed E-state index contributed by atoms with van der Waals surface area (Å²) in [4.78, 5) is 19.6. The van der Waals surface area contributed by atoms with E-state index in [9.17, 15) is 9.59 Å². The molecular formula is C4H14KNO7. The molecule has 13 heavy (non-hydrogen) atoms. The molecule has 0 fully saturated rings. The van der Waals surface area contributed by atoms with Crippen LogP contribution in [0, 0.1) is 0 Å². The van der Waals surface area contributed by atoms with E-state index in [4.69, 9.17) is 15.9 Å². The van der Waals surface area contributed by atoms with Crippen molar-refractivity contribution in [3.05, 3.63) is 0 Å². The first-order chi connectivity index (χ1) is 4.04. The van der Waals surface area contributed by atoms with Crippen LogP contribution in [0.25, 0.3) is 0 Å². The van der Waals surface area contributed by atoms with Crippen LogP contribution in [0.1, 0.15) is 6.42 Å². The van der Waals surface area contributed by atoms with Crippen LogP contribution in [0.3, 0.4) is 0 Å². The van der Waals surface area contributed by atoms with Crippen molar-refractivity contribution in [2.75, 3.05) is 0 Å². The summed E-state index contributed by atoms with van der Waals surface area (Å²) in [6.07, 6.45) is -0.532. The summed E-state index contributed by atoms with van der Waals surface area (Å²) in [6.45, 7) is 0. The van der Waals surface area contributed by atoms with E-state index >= 15 is 0 Å². The Hall–Kier alpha value is 0.416. The number of hydrogen-bond donors (Lipinski definition) is 3. The van der Waals surface area contributed by atoms with Gasteiger partial charge in [-0.15, -0.1) is 0 Å². The molecule has 0 aromatic rings. The van der Waals surface area contributed by atoms with Gasteiger partial charge >= 0.3 is 63.3 Å². The molecule has 0 amide bonds. The summed E-state index contributed by atoms with van der Waals surface area (Å²) < 4.78 is 0. The Kier molecular flexibility index (Phi) is 33.5. The number of rotatable bonds is 3. The molecule has 0 aliphatic carbocycles. The Balaban J connectivity index is -0.0000000533. The molecule has 0 heterocycles. The third-order valence-corrected chi connectivity index (χ3v) is 0.712. The summed E-state index contributed by atoms with van der Waals surface area (Å²) in [5.74, 6) is -2.50. The second-order valence-electron chi connectivity index (χ2n) is 1.54. The van der Waals surface area contributed by atoms with Crippen molar-refractivity contribution in [3.8, 4) is 0 Å². The first-order valence-corrected chi connectivity index (χ1v) is 2.24. The first-order valence-electron chi connectivity index (χ1n) is 2.24. The van der Waals surface area contributed by atoms with Crippen molar-refractivity contribution in [3.63, 3.8) is 0 Å². The standard InChI is InChI=1S/C4H7NO4.K.3H2O.H/c5-2(4(8)9)1-3(6)7;;;;;/h2H,1,5H2,(H,6,7)(H,8,9);;3*1H2;. The molecule has 10 N–H and O–H groups in total. The molecule has 78 valence electrons. The Morgan fingerprint density at radius 2 is 1.46 bits per heavy atom. The van der Waals surface area contributed by atoms with Crippen LogP contribution in [-0.4, -0.2) is 96.0 Å². The molecule has 9 heteroatoms. The van der Waals surface area contributed by atoms with Gasteiger partial charge in [0.05, 0.1) is 6.42 Å². The molecule has 0 saturated carbocycles. The summed E-state index contributed by atoms with van der Waals surface area (Å²) in [5, 5.41) is 16.0. The van der Waals surface area contributed by atoms with Gasteiger partial charge in [0.15, 0.2) is 0 Å². The minimum atomic E-state index is -1.29. The summed E-state index contributed by atoms with van der Waals surface area (Å²) in [7, 11) is 0.